The largest absolute Gasteiger partial charge is 0.312 e. The average molecular weight is 358 g/mol. The molecule has 1 N–H and O–H groups in total. The van der Waals surface area contributed by atoms with E-state index in [2.05, 4.69) is 11.6 Å². The monoisotopic (exact) mass is 358 g/mol. The number of nitrogens with zero attached hydrogens (tertiary/aromatic N) is 1. The molecule has 0 saturated heterocycles. The molecule has 2 aromatic rings. The van der Waals surface area contributed by atoms with Crippen molar-refractivity contribution in [2.75, 3.05) is 16.2 Å². The van der Waals surface area contributed by atoms with Crippen LogP contribution in [0.4, 0.5) is 11.4 Å². The summed E-state index contributed by atoms with van der Waals surface area (Å²) in [5, 5.41) is 0. The molecule has 132 valence electrons. The van der Waals surface area contributed by atoms with Gasteiger partial charge in [0, 0.05) is 19.2 Å². The SMILES string of the molecule is CCCc1ccc(S(=O)(=O)Nc2ccc3c(c2)N(C(C)=O)CC3)cc1. The zero-order valence-electron chi connectivity index (χ0n) is 14.5. The van der Waals surface area contributed by atoms with Crippen molar-refractivity contribution < 1.29 is 13.2 Å². The lowest BCUT2D eigenvalue weighted by Gasteiger charge is -2.16. The minimum absolute atomic E-state index is 0.0368. The molecular weight excluding hydrogens is 336 g/mol. The Morgan fingerprint density at radius 3 is 2.52 bits per heavy atom. The number of anilines is 2. The third-order valence-electron chi connectivity index (χ3n) is 4.39. The first-order valence-electron chi connectivity index (χ1n) is 8.43. The van der Waals surface area contributed by atoms with Crippen LogP contribution in [0.15, 0.2) is 47.4 Å². The molecule has 3 rings (SSSR count). The smallest absolute Gasteiger partial charge is 0.261 e. The molecule has 0 spiro atoms. The summed E-state index contributed by atoms with van der Waals surface area (Å²) in [4.78, 5) is 13.6. The highest BCUT2D eigenvalue weighted by Crippen LogP contribution is 2.31. The van der Waals surface area contributed by atoms with E-state index in [-0.39, 0.29) is 10.8 Å². The molecule has 2 aromatic carbocycles. The van der Waals surface area contributed by atoms with E-state index in [1.807, 2.05) is 18.2 Å². The maximum Gasteiger partial charge on any atom is 0.261 e. The Morgan fingerprint density at radius 1 is 1.16 bits per heavy atom. The number of benzene rings is 2. The zero-order chi connectivity index (χ0) is 18.0. The van der Waals surface area contributed by atoms with Crippen molar-refractivity contribution in [3.63, 3.8) is 0 Å². The van der Waals surface area contributed by atoms with Gasteiger partial charge in [0.25, 0.3) is 10.0 Å². The van der Waals surface area contributed by atoms with Crippen LogP contribution in [0, 0.1) is 0 Å². The Kier molecular flexibility index (Phi) is 4.81. The van der Waals surface area contributed by atoms with Gasteiger partial charge >= 0.3 is 0 Å². The summed E-state index contributed by atoms with van der Waals surface area (Å²) in [6.07, 6.45) is 2.74. The first-order chi connectivity index (χ1) is 11.9. The maximum atomic E-state index is 12.6. The standard InChI is InChI=1S/C19H22N2O3S/c1-3-4-15-5-9-18(10-6-15)25(23,24)20-17-8-7-16-11-12-21(14(2)22)19(16)13-17/h5-10,13,20H,3-4,11-12H2,1-2H3. The molecule has 0 unspecified atom stereocenters. The Balaban J connectivity index is 1.84. The molecular formula is C19H22N2O3S. The third kappa shape index (κ3) is 3.69. The van der Waals surface area contributed by atoms with Gasteiger partial charge in [0.2, 0.25) is 5.91 Å². The van der Waals surface area contributed by atoms with Crippen LogP contribution in [0.5, 0.6) is 0 Å². The number of carbonyl (C=O) groups is 1. The number of aryl methyl sites for hydroxylation is 1. The lowest BCUT2D eigenvalue weighted by atomic mass is 10.1. The second-order valence-electron chi connectivity index (χ2n) is 6.26. The summed E-state index contributed by atoms with van der Waals surface area (Å²) in [7, 11) is -3.65. The van der Waals surface area contributed by atoms with Crippen molar-refractivity contribution in [2.24, 2.45) is 0 Å². The van der Waals surface area contributed by atoms with Crippen molar-refractivity contribution in [3.05, 3.63) is 53.6 Å². The Morgan fingerprint density at radius 2 is 1.88 bits per heavy atom. The van der Waals surface area contributed by atoms with E-state index < -0.39 is 10.0 Å². The average Bonchev–Trinajstić information content (AvgIpc) is 2.98. The summed E-state index contributed by atoms with van der Waals surface area (Å²) in [5.74, 6) is -0.0368. The van der Waals surface area contributed by atoms with Gasteiger partial charge in [-0.1, -0.05) is 31.5 Å². The fraction of sp³-hybridized carbons (Fsp3) is 0.316. The Bertz CT molecular complexity index is 889. The van der Waals surface area contributed by atoms with Gasteiger partial charge in [-0.05, 0) is 48.2 Å². The Hall–Kier alpha value is -2.34. The maximum absolute atomic E-state index is 12.6. The van der Waals surface area contributed by atoms with E-state index in [0.717, 1.165) is 36.1 Å². The van der Waals surface area contributed by atoms with Crippen molar-refractivity contribution in [1.29, 1.82) is 0 Å². The van der Waals surface area contributed by atoms with Gasteiger partial charge in [-0.15, -0.1) is 0 Å². The molecule has 0 radical (unpaired) electrons. The second-order valence-corrected chi connectivity index (χ2v) is 7.95. The lowest BCUT2D eigenvalue weighted by Crippen LogP contribution is -2.25. The van der Waals surface area contributed by atoms with Crippen molar-refractivity contribution in [2.45, 2.75) is 38.0 Å². The van der Waals surface area contributed by atoms with Crippen LogP contribution >= 0.6 is 0 Å². The number of fused-ring (bicyclic) bond motifs is 1. The van der Waals surface area contributed by atoms with Crippen LogP contribution in [0.2, 0.25) is 0 Å². The number of rotatable bonds is 5. The van der Waals surface area contributed by atoms with Gasteiger partial charge in [0.1, 0.15) is 0 Å². The summed E-state index contributed by atoms with van der Waals surface area (Å²) >= 11 is 0. The van der Waals surface area contributed by atoms with Gasteiger partial charge < -0.3 is 4.90 Å². The van der Waals surface area contributed by atoms with Crippen LogP contribution in [0.3, 0.4) is 0 Å². The van der Waals surface area contributed by atoms with Crippen molar-refractivity contribution in [1.82, 2.24) is 0 Å². The predicted octanol–water partition coefficient (Wildman–Crippen LogP) is 3.35. The van der Waals surface area contributed by atoms with Crippen molar-refractivity contribution in [3.8, 4) is 0 Å². The minimum Gasteiger partial charge on any atom is -0.312 e. The molecule has 25 heavy (non-hydrogen) atoms. The molecule has 1 aliphatic heterocycles. The summed E-state index contributed by atoms with van der Waals surface area (Å²) in [6.45, 7) is 4.24. The summed E-state index contributed by atoms with van der Waals surface area (Å²) < 4.78 is 27.8. The van der Waals surface area contributed by atoms with Gasteiger partial charge in [-0.2, -0.15) is 0 Å². The van der Waals surface area contributed by atoms with Crippen LogP contribution in [0.1, 0.15) is 31.4 Å². The van der Waals surface area contributed by atoms with E-state index in [9.17, 15) is 13.2 Å². The number of nitrogens with one attached hydrogen (secondary N) is 1. The molecule has 1 amide bonds. The normalized spacial score (nSPS) is 13.6. The molecule has 0 fully saturated rings. The minimum atomic E-state index is -3.65. The van der Waals surface area contributed by atoms with Crippen LogP contribution in [-0.2, 0) is 27.7 Å². The molecule has 5 nitrogen and oxygen atoms in total. The second kappa shape index (κ2) is 6.88. The van der Waals surface area contributed by atoms with Crippen LogP contribution in [-0.4, -0.2) is 20.9 Å². The number of hydrogen-bond donors (Lipinski definition) is 1. The number of hydrogen-bond acceptors (Lipinski definition) is 3. The molecule has 0 bridgehead atoms. The molecule has 0 aliphatic carbocycles. The van der Waals surface area contributed by atoms with E-state index in [4.69, 9.17) is 0 Å². The van der Waals surface area contributed by atoms with Crippen LogP contribution in [0.25, 0.3) is 0 Å². The lowest BCUT2D eigenvalue weighted by molar-refractivity contribution is -0.116. The van der Waals surface area contributed by atoms with Gasteiger partial charge in [0.15, 0.2) is 0 Å². The van der Waals surface area contributed by atoms with E-state index in [1.54, 1.807) is 29.2 Å². The highest BCUT2D eigenvalue weighted by molar-refractivity contribution is 7.92. The highest BCUT2D eigenvalue weighted by atomic mass is 32.2. The van der Waals surface area contributed by atoms with Gasteiger partial charge in [0.05, 0.1) is 10.6 Å². The van der Waals surface area contributed by atoms with Gasteiger partial charge in [-0.3, -0.25) is 9.52 Å². The first kappa shape index (κ1) is 17.5. The Labute approximate surface area is 148 Å². The molecule has 0 atom stereocenters. The first-order valence-corrected chi connectivity index (χ1v) is 9.92. The molecule has 1 aliphatic rings. The molecule has 6 heteroatoms. The van der Waals surface area contributed by atoms with E-state index in [1.165, 1.54) is 6.92 Å². The molecule has 0 aromatic heterocycles. The summed E-state index contributed by atoms with van der Waals surface area (Å²) in [5.41, 5.74) is 3.42. The molecule has 0 saturated carbocycles. The van der Waals surface area contributed by atoms with Crippen molar-refractivity contribution >= 4 is 27.3 Å². The highest BCUT2D eigenvalue weighted by Gasteiger charge is 2.23. The predicted molar refractivity (Wildman–Crippen MR) is 99.4 cm³/mol. The fourth-order valence-electron chi connectivity index (χ4n) is 3.11. The fourth-order valence-corrected chi connectivity index (χ4v) is 4.16. The zero-order valence-corrected chi connectivity index (χ0v) is 15.3. The quantitative estimate of drug-likeness (QED) is 0.891. The number of sulfonamides is 1. The van der Waals surface area contributed by atoms with Gasteiger partial charge in [-0.25, -0.2) is 8.42 Å². The van der Waals surface area contributed by atoms with Crippen LogP contribution < -0.4 is 9.62 Å². The summed E-state index contributed by atoms with van der Waals surface area (Å²) in [6, 6.07) is 12.3. The van der Waals surface area contributed by atoms with E-state index >= 15 is 0 Å². The molecule has 1 heterocycles. The topological polar surface area (TPSA) is 66.5 Å². The number of amides is 1. The third-order valence-corrected chi connectivity index (χ3v) is 5.78. The van der Waals surface area contributed by atoms with E-state index in [0.29, 0.717) is 12.2 Å². The number of carbonyl (C=O) groups excluding carboxylic acids is 1.